The molecule has 2 aromatic carbocycles. The van der Waals surface area contributed by atoms with Crippen molar-refractivity contribution in [2.75, 3.05) is 0 Å². The van der Waals surface area contributed by atoms with E-state index in [1.807, 2.05) is 12.9 Å². The largest absolute Gasteiger partial charge is 0.307 e. The molecule has 0 aromatic heterocycles. The molecule has 112 valence electrons. The van der Waals surface area contributed by atoms with E-state index in [1.165, 1.54) is 55.2 Å². The summed E-state index contributed by atoms with van der Waals surface area (Å²) in [5.41, 5.74) is 3.87. The van der Waals surface area contributed by atoms with Crippen LogP contribution in [0.2, 0.25) is 0 Å². The van der Waals surface area contributed by atoms with E-state index < -0.39 is 0 Å². The minimum atomic E-state index is 1.28. The summed E-state index contributed by atoms with van der Waals surface area (Å²) in [6.45, 7) is 4.11. The summed E-state index contributed by atoms with van der Waals surface area (Å²) >= 11 is 0. The van der Waals surface area contributed by atoms with Gasteiger partial charge in [0.15, 0.2) is 0 Å². The van der Waals surface area contributed by atoms with Gasteiger partial charge in [0.1, 0.15) is 6.79 Å². The van der Waals surface area contributed by atoms with E-state index in [0.717, 1.165) is 0 Å². The van der Waals surface area contributed by atoms with Crippen molar-refractivity contribution in [3.8, 4) is 11.1 Å². The third-order valence-corrected chi connectivity index (χ3v) is 3.66. The average Bonchev–Trinajstić information content (AvgIpc) is 2.60. The molecule has 21 heavy (non-hydrogen) atoms. The van der Waals surface area contributed by atoms with Crippen molar-refractivity contribution in [3.63, 3.8) is 0 Å². The summed E-state index contributed by atoms with van der Waals surface area (Å²) in [5.74, 6) is 0. The van der Waals surface area contributed by atoms with Gasteiger partial charge in [-0.25, -0.2) is 0 Å². The van der Waals surface area contributed by atoms with Crippen LogP contribution in [-0.2, 0) is 4.79 Å². The maximum absolute atomic E-state index is 8.00. The fourth-order valence-electron chi connectivity index (χ4n) is 2.44. The topological polar surface area (TPSA) is 17.1 Å². The third kappa shape index (κ3) is 6.89. The molecule has 0 heterocycles. The first-order valence-electron chi connectivity index (χ1n) is 7.77. The Hall–Kier alpha value is -1.89. The van der Waals surface area contributed by atoms with E-state index in [9.17, 15) is 0 Å². The Labute approximate surface area is 129 Å². The van der Waals surface area contributed by atoms with Crippen LogP contribution in [0.1, 0.15) is 44.1 Å². The molecule has 2 aromatic rings. The molecule has 0 bridgehead atoms. The minimum absolute atomic E-state index is 1.28. The van der Waals surface area contributed by atoms with E-state index in [-0.39, 0.29) is 0 Å². The van der Waals surface area contributed by atoms with Gasteiger partial charge < -0.3 is 4.79 Å². The number of carbonyl (C=O) groups is 1. The van der Waals surface area contributed by atoms with Crippen LogP contribution >= 0.6 is 0 Å². The molecule has 0 saturated heterocycles. The van der Waals surface area contributed by atoms with Crippen LogP contribution in [-0.4, -0.2) is 6.79 Å². The molecule has 1 heteroatoms. The molecule has 1 saturated carbocycles. The van der Waals surface area contributed by atoms with Crippen LogP contribution < -0.4 is 0 Å². The van der Waals surface area contributed by atoms with Crippen molar-refractivity contribution in [3.05, 3.63) is 60.2 Å². The molecular weight excluding hydrogens is 256 g/mol. The second-order valence-electron chi connectivity index (χ2n) is 5.35. The van der Waals surface area contributed by atoms with E-state index in [0.29, 0.717) is 0 Å². The van der Waals surface area contributed by atoms with Crippen LogP contribution in [0.5, 0.6) is 0 Å². The lowest BCUT2D eigenvalue weighted by molar-refractivity contribution is -0.0979. The molecule has 0 N–H and O–H groups in total. The first-order valence-corrected chi connectivity index (χ1v) is 7.77. The van der Waals surface area contributed by atoms with Gasteiger partial charge in [0, 0.05) is 0 Å². The summed E-state index contributed by atoms with van der Waals surface area (Å²) in [6.07, 6.45) is 9.00. The lowest BCUT2D eigenvalue weighted by Crippen LogP contribution is -1.85. The minimum Gasteiger partial charge on any atom is -0.307 e. The Bertz CT molecular complexity index is 457. The zero-order chi connectivity index (χ0) is 15.3. The van der Waals surface area contributed by atoms with Crippen LogP contribution in [0.25, 0.3) is 11.1 Å². The molecule has 1 aliphatic carbocycles. The fraction of sp³-hybridized carbons (Fsp3) is 0.350. The van der Waals surface area contributed by atoms with Gasteiger partial charge in [-0.3, -0.25) is 0 Å². The van der Waals surface area contributed by atoms with Gasteiger partial charge in [-0.15, -0.1) is 0 Å². The summed E-state index contributed by atoms with van der Waals surface area (Å²) in [7, 11) is 0. The highest BCUT2D eigenvalue weighted by atomic mass is 16.1. The zero-order valence-corrected chi connectivity index (χ0v) is 13.1. The molecule has 0 atom stereocenters. The maximum Gasteiger partial charge on any atom is 0.106 e. The Kier molecular flexibility index (Phi) is 8.86. The second kappa shape index (κ2) is 10.8. The third-order valence-electron chi connectivity index (χ3n) is 3.66. The molecule has 0 amide bonds. The number of rotatable bonds is 1. The lowest BCUT2D eigenvalue weighted by Gasteiger charge is -2.05. The van der Waals surface area contributed by atoms with Gasteiger partial charge in [0.05, 0.1) is 0 Å². The Balaban J connectivity index is 0.000000231. The molecule has 1 aliphatic rings. The van der Waals surface area contributed by atoms with Gasteiger partial charge in [-0.1, -0.05) is 98.7 Å². The van der Waals surface area contributed by atoms with Crippen molar-refractivity contribution in [1.29, 1.82) is 0 Å². The van der Waals surface area contributed by atoms with Gasteiger partial charge in [0.2, 0.25) is 0 Å². The lowest BCUT2D eigenvalue weighted by atomic mass is 10.0. The Morgan fingerprint density at radius 2 is 1.00 bits per heavy atom. The Morgan fingerprint density at radius 3 is 1.43 bits per heavy atom. The van der Waals surface area contributed by atoms with E-state index in [4.69, 9.17) is 4.79 Å². The van der Waals surface area contributed by atoms with Crippen molar-refractivity contribution in [1.82, 2.24) is 0 Å². The molecule has 0 aliphatic heterocycles. The molecule has 1 nitrogen and oxygen atoms in total. The highest BCUT2D eigenvalue weighted by Crippen LogP contribution is 2.18. The monoisotopic (exact) mass is 282 g/mol. The summed E-state index contributed by atoms with van der Waals surface area (Å²) < 4.78 is 0. The molecule has 0 radical (unpaired) electrons. The fourth-order valence-corrected chi connectivity index (χ4v) is 2.44. The van der Waals surface area contributed by atoms with Gasteiger partial charge in [0.25, 0.3) is 0 Å². The molecule has 0 spiro atoms. The molecule has 0 unspecified atom stereocenters. The summed E-state index contributed by atoms with van der Waals surface area (Å²) in [6, 6.07) is 19.0. The average molecular weight is 282 g/mol. The van der Waals surface area contributed by atoms with Crippen LogP contribution in [0.4, 0.5) is 0 Å². The zero-order valence-electron chi connectivity index (χ0n) is 13.1. The summed E-state index contributed by atoms with van der Waals surface area (Å²) in [4.78, 5) is 8.00. The number of aryl methyl sites for hydroxylation is 1. The first kappa shape index (κ1) is 17.2. The maximum atomic E-state index is 8.00. The number of benzene rings is 2. The van der Waals surface area contributed by atoms with Crippen LogP contribution in [0, 0.1) is 6.92 Å². The van der Waals surface area contributed by atoms with Gasteiger partial charge >= 0.3 is 0 Å². The van der Waals surface area contributed by atoms with Gasteiger partial charge in [-0.2, -0.15) is 0 Å². The summed E-state index contributed by atoms with van der Waals surface area (Å²) in [5, 5.41) is 0. The van der Waals surface area contributed by atoms with Crippen molar-refractivity contribution in [2.24, 2.45) is 0 Å². The molecule has 3 rings (SSSR count). The highest BCUT2D eigenvalue weighted by molar-refractivity contribution is 5.63. The number of hydrogen-bond donors (Lipinski definition) is 0. The molecule has 1 fully saturated rings. The van der Waals surface area contributed by atoms with E-state index in [2.05, 4.69) is 55.5 Å². The number of hydrogen-bond acceptors (Lipinski definition) is 1. The predicted molar refractivity (Wildman–Crippen MR) is 91.4 cm³/mol. The van der Waals surface area contributed by atoms with Crippen molar-refractivity contribution in [2.45, 2.75) is 45.4 Å². The second-order valence-corrected chi connectivity index (χ2v) is 5.35. The normalized spacial score (nSPS) is 13.2. The van der Waals surface area contributed by atoms with Crippen LogP contribution in [0.3, 0.4) is 0 Å². The molecular formula is C20H26O. The number of carbonyl (C=O) groups excluding carboxylic acids is 1. The van der Waals surface area contributed by atoms with E-state index >= 15 is 0 Å². The van der Waals surface area contributed by atoms with E-state index in [1.54, 1.807) is 0 Å². The first-order chi connectivity index (χ1) is 10.4. The predicted octanol–water partition coefficient (Wildman–Crippen LogP) is 5.82. The van der Waals surface area contributed by atoms with Gasteiger partial charge in [-0.05, 0) is 18.1 Å². The highest BCUT2D eigenvalue weighted by Gasteiger charge is 1.95. The van der Waals surface area contributed by atoms with Crippen molar-refractivity contribution < 1.29 is 4.79 Å². The quantitative estimate of drug-likeness (QED) is 0.644. The standard InChI is InChI=1S/C13H12.C6H12.CH2O/c1-11-7-9-13(10-8-11)12-5-3-2-4-6-12;1-2-4-6-5-3-1;1-2/h2-10H,1H3;1-6H2;1H2. The Morgan fingerprint density at radius 1 is 0.619 bits per heavy atom. The smallest absolute Gasteiger partial charge is 0.106 e. The SMILES string of the molecule is C1CCCCC1.C=O.Cc1ccc(-c2ccccc2)cc1. The van der Waals surface area contributed by atoms with Crippen molar-refractivity contribution >= 4 is 6.79 Å². The van der Waals surface area contributed by atoms with Crippen LogP contribution in [0.15, 0.2) is 54.6 Å².